The van der Waals surface area contributed by atoms with Crippen LogP contribution in [0.5, 0.6) is 11.5 Å². The van der Waals surface area contributed by atoms with Crippen LogP contribution in [0.3, 0.4) is 0 Å². The Bertz CT molecular complexity index is 1150. The van der Waals surface area contributed by atoms with Crippen LogP contribution in [0.15, 0.2) is 18.2 Å². The lowest BCUT2D eigenvalue weighted by atomic mass is 9.80. The highest BCUT2D eigenvalue weighted by molar-refractivity contribution is 5.83. The summed E-state index contributed by atoms with van der Waals surface area (Å²) >= 11 is 0. The SMILES string of the molecule is [2H]C([2H])([2H])Oc1ccc(C[C@@H](C[C@H](N)[C@@H](O)C[C@H](C(=O)NCC(C)(C)C(N)=O)C(C)C)C(C)C)cc1OC([2H])([2H])C([2H])([2H])COC. The van der Waals surface area contributed by atoms with Crippen molar-refractivity contribution in [2.75, 3.05) is 33.9 Å². The first kappa shape index (κ1) is 24.4. The Labute approximate surface area is 245 Å². The first-order valence-corrected chi connectivity index (χ1v) is 13.3. The van der Waals surface area contributed by atoms with Gasteiger partial charge in [-0.3, -0.25) is 9.59 Å². The Hall–Kier alpha value is -2.36. The quantitative estimate of drug-likeness (QED) is 0.204. The molecular formula is C30H53N3O6. The third-order valence-electron chi connectivity index (χ3n) is 7.09. The van der Waals surface area contributed by atoms with Crippen molar-refractivity contribution >= 4 is 11.8 Å². The zero-order chi connectivity index (χ0) is 35.8. The minimum atomic E-state index is -2.91. The third-order valence-corrected chi connectivity index (χ3v) is 7.09. The van der Waals surface area contributed by atoms with Crippen LogP contribution in [-0.2, 0) is 20.7 Å². The predicted molar refractivity (Wildman–Crippen MR) is 155 cm³/mol. The molecule has 4 atom stereocenters. The van der Waals surface area contributed by atoms with Crippen molar-refractivity contribution in [2.24, 2.45) is 40.6 Å². The van der Waals surface area contributed by atoms with Crippen LogP contribution in [0.4, 0.5) is 0 Å². The van der Waals surface area contributed by atoms with Crippen molar-refractivity contribution in [3.05, 3.63) is 23.8 Å². The van der Waals surface area contributed by atoms with Crippen molar-refractivity contribution in [1.82, 2.24) is 5.32 Å². The van der Waals surface area contributed by atoms with E-state index in [1.807, 2.05) is 27.7 Å². The molecular weight excluding hydrogens is 498 g/mol. The number of primary amides is 1. The molecule has 0 unspecified atom stereocenters. The van der Waals surface area contributed by atoms with Crippen LogP contribution in [0, 0.1) is 29.1 Å². The van der Waals surface area contributed by atoms with Crippen molar-refractivity contribution in [1.29, 1.82) is 0 Å². The molecule has 0 aromatic heterocycles. The summed E-state index contributed by atoms with van der Waals surface area (Å²) < 4.78 is 70.2. The van der Waals surface area contributed by atoms with E-state index >= 15 is 0 Å². The summed E-state index contributed by atoms with van der Waals surface area (Å²) in [5.41, 5.74) is 11.6. The minimum Gasteiger partial charge on any atom is -0.493 e. The van der Waals surface area contributed by atoms with Crippen molar-refractivity contribution in [3.8, 4) is 11.5 Å². The fourth-order valence-electron chi connectivity index (χ4n) is 4.08. The summed E-state index contributed by atoms with van der Waals surface area (Å²) in [6.45, 7) is 7.49. The Kier molecular flexibility index (Phi) is 10.4. The smallest absolute Gasteiger partial charge is 0.224 e. The van der Waals surface area contributed by atoms with Gasteiger partial charge in [0.2, 0.25) is 11.8 Å². The van der Waals surface area contributed by atoms with E-state index in [-0.39, 0.29) is 48.1 Å². The average molecular weight is 559 g/mol. The van der Waals surface area contributed by atoms with Gasteiger partial charge < -0.3 is 36.1 Å². The minimum absolute atomic E-state index is 0.0579. The molecule has 39 heavy (non-hydrogen) atoms. The van der Waals surface area contributed by atoms with E-state index in [4.69, 9.17) is 35.3 Å². The van der Waals surface area contributed by atoms with Crippen molar-refractivity contribution in [2.45, 2.75) is 79.3 Å². The molecule has 9 nitrogen and oxygen atoms in total. The highest BCUT2D eigenvalue weighted by Crippen LogP contribution is 2.32. The first-order chi connectivity index (χ1) is 20.8. The second kappa shape index (κ2) is 16.7. The van der Waals surface area contributed by atoms with Crippen LogP contribution in [-0.4, -0.2) is 62.9 Å². The maximum absolute atomic E-state index is 13.0. The zero-order valence-electron chi connectivity index (χ0n) is 31.4. The molecule has 224 valence electrons. The van der Waals surface area contributed by atoms with Gasteiger partial charge in [0.15, 0.2) is 11.5 Å². The summed E-state index contributed by atoms with van der Waals surface area (Å²) in [4.78, 5) is 24.6. The molecule has 9 heteroatoms. The number of aliphatic hydroxyl groups is 1. The maximum Gasteiger partial charge on any atom is 0.224 e. The molecule has 1 rings (SSSR count). The largest absolute Gasteiger partial charge is 0.493 e. The molecule has 0 aliphatic carbocycles. The van der Waals surface area contributed by atoms with E-state index in [2.05, 4.69) is 5.32 Å². The third kappa shape index (κ3) is 11.7. The van der Waals surface area contributed by atoms with Gasteiger partial charge in [0.1, 0.15) is 0 Å². The standard InChI is InChI=1S/C30H53N3O6/c1-19(2)22(14-21-10-11-26(38-8)27(15-21)39-13-9-12-37-7)16-24(31)25(34)17-23(20(3)4)28(35)33-18-30(5,6)29(32)36/h10-11,15,19-20,22-25,34H,9,12-14,16-18,31H2,1-8H3,(H2,32,36)(H,33,35)/t22-,23-,24-,25-/m0/s1/i8D3,9D2,13D2. The lowest BCUT2D eigenvalue weighted by molar-refractivity contribution is -0.130. The van der Waals surface area contributed by atoms with Gasteiger partial charge >= 0.3 is 0 Å². The lowest BCUT2D eigenvalue weighted by Crippen LogP contribution is -2.46. The van der Waals surface area contributed by atoms with E-state index in [0.29, 0.717) is 18.4 Å². The van der Waals surface area contributed by atoms with Crippen LogP contribution < -0.4 is 26.3 Å². The highest BCUT2D eigenvalue weighted by Gasteiger charge is 2.32. The van der Waals surface area contributed by atoms with Gasteiger partial charge in [-0.05, 0) is 68.6 Å². The highest BCUT2D eigenvalue weighted by atomic mass is 16.5. The number of aliphatic hydroxyl groups excluding tert-OH is 1. The normalized spacial score (nSPS) is 18.8. The van der Waals surface area contributed by atoms with E-state index in [1.54, 1.807) is 19.9 Å². The summed E-state index contributed by atoms with van der Waals surface area (Å²) in [6.07, 6.45) is -2.76. The molecule has 0 heterocycles. The van der Waals surface area contributed by atoms with Crippen LogP contribution >= 0.6 is 0 Å². The van der Waals surface area contributed by atoms with E-state index < -0.39 is 56.0 Å². The summed E-state index contributed by atoms with van der Waals surface area (Å²) in [7, 11) is -1.65. The summed E-state index contributed by atoms with van der Waals surface area (Å²) in [5, 5.41) is 13.9. The molecule has 1 aromatic carbocycles. The van der Waals surface area contributed by atoms with Gasteiger partial charge in [0.05, 0.1) is 32.0 Å². The monoisotopic (exact) mass is 558 g/mol. The number of rotatable bonds is 19. The lowest BCUT2D eigenvalue weighted by Gasteiger charge is -2.30. The molecule has 0 aliphatic rings. The van der Waals surface area contributed by atoms with E-state index in [9.17, 15) is 14.7 Å². The van der Waals surface area contributed by atoms with Crippen LogP contribution in [0.25, 0.3) is 0 Å². The number of nitrogens with one attached hydrogen (secondary N) is 1. The molecule has 0 spiro atoms. The number of hydrogen-bond acceptors (Lipinski definition) is 7. The molecule has 0 saturated carbocycles. The average Bonchev–Trinajstić information content (AvgIpc) is 2.89. The van der Waals surface area contributed by atoms with Gasteiger partial charge in [0, 0.05) is 41.3 Å². The Balaban J connectivity index is 3.18. The molecule has 0 radical (unpaired) electrons. The van der Waals surface area contributed by atoms with Gasteiger partial charge in [-0.15, -0.1) is 0 Å². The van der Waals surface area contributed by atoms with Crippen molar-refractivity contribution < 1.29 is 38.5 Å². The van der Waals surface area contributed by atoms with Crippen molar-refractivity contribution in [3.63, 3.8) is 0 Å². The van der Waals surface area contributed by atoms with Crippen LogP contribution in [0.2, 0.25) is 0 Å². The molecule has 6 N–H and O–H groups in total. The molecule has 0 fully saturated rings. The number of hydrogen-bond donors (Lipinski definition) is 4. The van der Waals surface area contributed by atoms with Gasteiger partial charge in [0.25, 0.3) is 0 Å². The van der Waals surface area contributed by atoms with E-state index in [0.717, 1.165) is 0 Å². The number of carbonyl (C=O) groups is 2. The predicted octanol–water partition coefficient (Wildman–Crippen LogP) is 3.29. The van der Waals surface area contributed by atoms with Gasteiger partial charge in [-0.25, -0.2) is 0 Å². The Morgan fingerprint density at radius 2 is 1.85 bits per heavy atom. The number of benzene rings is 1. The number of carbonyl (C=O) groups excluding carboxylic acids is 2. The second-order valence-electron chi connectivity index (χ2n) is 11.4. The van der Waals surface area contributed by atoms with Gasteiger partial charge in [-0.1, -0.05) is 33.8 Å². The summed E-state index contributed by atoms with van der Waals surface area (Å²) in [6, 6.07) is 3.65. The Morgan fingerprint density at radius 1 is 1.15 bits per heavy atom. The molecule has 1 aromatic rings. The fourth-order valence-corrected chi connectivity index (χ4v) is 4.08. The summed E-state index contributed by atoms with van der Waals surface area (Å²) in [5.74, 6) is -2.15. The number of amides is 2. The number of nitrogens with two attached hydrogens (primary N) is 2. The van der Waals surface area contributed by atoms with Crippen LogP contribution in [0.1, 0.15) is 75.9 Å². The van der Waals surface area contributed by atoms with E-state index in [1.165, 1.54) is 19.2 Å². The fraction of sp³-hybridized carbons (Fsp3) is 0.733. The molecule has 0 aliphatic heterocycles. The zero-order valence-corrected chi connectivity index (χ0v) is 24.4. The number of ether oxygens (including phenoxy) is 3. The molecule has 0 saturated heterocycles. The molecule has 0 bridgehead atoms. The number of methoxy groups -OCH3 is 2. The first-order valence-electron chi connectivity index (χ1n) is 16.8. The topological polar surface area (TPSA) is 146 Å². The van der Waals surface area contributed by atoms with Gasteiger partial charge in [-0.2, -0.15) is 0 Å². The maximum atomic E-state index is 13.0. The molecule has 2 amide bonds. The second-order valence-corrected chi connectivity index (χ2v) is 11.4. The Morgan fingerprint density at radius 3 is 2.41 bits per heavy atom.